The fourth-order valence-electron chi connectivity index (χ4n) is 1.86. The van der Waals surface area contributed by atoms with Gasteiger partial charge in [0, 0.05) is 6.04 Å². The smallest absolute Gasteiger partial charge is 0.00418 e. The summed E-state index contributed by atoms with van der Waals surface area (Å²) in [6.07, 6.45) is 5.72. The molecule has 1 heteroatoms. The summed E-state index contributed by atoms with van der Waals surface area (Å²) in [4.78, 5) is 0. The van der Waals surface area contributed by atoms with Gasteiger partial charge in [-0.15, -0.1) is 6.58 Å². The first-order valence-electron chi connectivity index (χ1n) is 4.45. The molecular formula is C10H19N. The summed E-state index contributed by atoms with van der Waals surface area (Å²) in [6, 6.07) is 0.444. The predicted octanol–water partition coefficient (Wildman–Crippen LogP) is 2.33. The van der Waals surface area contributed by atoms with Gasteiger partial charge in [0.1, 0.15) is 0 Å². The zero-order valence-corrected chi connectivity index (χ0v) is 7.64. The van der Waals surface area contributed by atoms with Crippen LogP contribution in [0.4, 0.5) is 0 Å². The molecule has 0 amide bonds. The molecule has 0 spiro atoms. The lowest BCUT2D eigenvalue weighted by atomic mass is 9.78. The molecule has 2 N–H and O–H groups in total. The molecule has 1 rings (SSSR count). The minimum atomic E-state index is 0.286. The third-order valence-corrected chi connectivity index (χ3v) is 3.05. The third kappa shape index (κ3) is 1.84. The SMILES string of the molecule is C=CC(C)(C)C1CCC(N)C1. The van der Waals surface area contributed by atoms with Crippen LogP contribution < -0.4 is 5.73 Å². The van der Waals surface area contributed by atoms with Crippen molar-refractivity contribution < 1.29 is 0 Å². The van der Waals surface area contributed by atoms with Crippen molar-refractivity contribution >= 4 is 0 Å². The average Bonchev–Trinajstić information content (AvgIpc) is 2.36. The normalized spacial score (nSPS) is 32.3. The summed E-state index contributed by atoms with van der Waals surface area (Å²) in [5, 5.41) is 0. The standard InChI is InChI=1S/C10H19N/c1-4-10(2,3)8-5-6-9(11)7-8/h4,8-9H,1,5-7,11H2,2-3H3. The molecule has 2 atom stereocenters. The molecule has 0 aromatic heterocycles. The van der Waals surface area contributed by atoms with Crippen LogP contribution in [-0.2, 0) is 0 Å². The lowest BCUT2D eigenvalue weighted by Gasteiger charge is -2.27. The molecule has 1 aliphatic rings. The molecule has 0 radical (unpaired) electrons. The second-order valence-electron chi connectivity index (χ2n) is 4.30. The van der Waals surface area contributed by atoms with Gasteiger partial charge >= 0.3 is 0 Å². The van der Waals surface area contributed by atoms with Crippen molar-refractivity contribution in [1.29, 1.82) is 0 Å². The van der Waals surface area contributed by atoms with Crippen molar-refractivity contribution in [2.45, 2.75) is 39.2 Å². The largest absolute Gasteiger partial charge is 0.328 e. The van der Waals surface area contributed by atoms with Gasteiger partial charge in [-0.25, -0.2) is 0 Å². The Labute approximate surface area is 69.7 Å². The van der Waals surface area contributed by atoms with E-state index < -0.39 is 0 Å². The van der Waals surface area contributed by atoms with Crippen LogP contribution in [0, 0.1) is 11.3 Å². The van der Waals surface area contributed by atoms with Crippen LogP contribution in [0.1, 0.15) is 33.1 Å². The highest BCUT2D eigenvalue weighted by Crippen LogP contribution is 2.39. The van der Waals surface area contributed by atoms with Crippen LogP contribution in [-0.4, -0.2) is 6.04 Å². The monoisotopic (exact) mass is 153 g/mol. The maximum Gasteiger partial charge on any atom is 0.00418 e. The number of hydrogen-bond donors (Lipinski definition) is 1. The van der Waals surface area contributed by atoms with Gasteiger partial charge in [-0.3, -0.25) is 0 Å². The van der Waals surface area contributed by atoms with Crippen molar-refractivity contribution in [3.05, 3.63) is 12.7 Å². The molecule has 11 heavy (non-hydrogen) atoms. The zero-order valence-electron chi connectivity index (χ0n) is 7.64. The Morgan fingerprint density at radius 2 is 2.09 bits per heavy atom. The van der Waals surface area contributed by atoms with E-state index in [0.29, 0.717) is 6.04 Å². The zero-order chi connectivity index (χ0) is 8.48. The van der Waals surface area contributed by atoms with Gasteiger partial charge in [0.05, 0.1) is 0 Å². The van der Waals surface area contributed by atoms with Crippen molar-refractivity contribution in [3.63, 3.8) is 0 Å². The second kappa shape index (κ2) is 2.98. The lowest BCUT2D eigenvalue weighted by molar-refractivity contribution is 0.287. The summed E-state index contributed by atoms with van der Waals surface area (Å²) >= 11 is 0. The Bertz CT molecular complexity index is 149. The number of nitrogens with two attached hydrogens (primary N) is 1. The second-order valence-corrected chi connectivity index (χ2v) is 4.30. The van der Waals surface area contributed by atoms with Gasteiger partial charge in [0.25, 0.3) is 0 Å². The van der Waals surface area contributed by atoms with Gasteiger partial charge < -0.3 is 5.73 Å². The lowest BCUT2D eigenvalue weighted by Crippen LogP contribution is -2.22. The first-order valence-corrected chi connectivity index (χ1v) is 4.45. The van der Waals surface area contributed by atoms with Crippen LogP contribution in [0.25, 0.3) is 0 Å². The van der Waals surface area contributed by atoms with E-state index in [2.05, 4.69) is 26.5 Å². The van der Waals surface area contributed by atoms with E-state index in [1.54, 1.807) is 0 Å². The van der Waals surface area contributed by atoms with E-state index in [4.69, 9.17) is 5.73 Å². The Hall–Kier alpha value is -0.300. The molecule has 1 nitrogen and oxygen atoms in total. The van der Waals surface area contributed by atoms with Gasteiger partial charge in [-0.2, -0.15) is 0 Å². The molecule has 0 saturated heterocycles. The molecule has 1 fully saturated rings. The van der Waals surface area contributed by atoms with Gasteiger partial charge in [0.15, 0.2) is 0 Å². The van der Waals surface area contributed by atoms with E-state index in [1.807, 2.05) is 0 Å². The number of rotatable bonds is 2. The van der Waals surface area contributed by atoms with Crippen LogP contribution in [0.3, 0.4) is 0 Å². The highest BCUT2D eigenvalue weighted by molar-refractivity contribution is 4.96. The predicted molar refractivity (Wildman–Crippen MR) is 49.3 cm³/mol. The fraction of sp³-hybridized carbons (Fsp3) is 0.800. The van der Waals surface area contributed by atoms with Gasteiger partial charge in [-0.1, -0.05) is 19.9 Å². The van der Waals surface area contributed by atoms with Crippen molar-refractivity contribution in [3.8, 4) is 0 Å². The van der Waals surface area contributed by atoms with Crippen molar-refractivity contribution in [1.82, 2.24) is 0 Å². The molecular weight excluding hydrogens is 134 g/mol. The van der Waals surface area contributed by atoms with Crippen LogP contribution in [0.15, 0.2) is 12.7 Å². The summed E-state index contributed by atoms with van der Waals surface area (Å²) in [5.74, 6) is 0.759. The summed E-state index contributed by atoms with van der Waals surface area (Å²) in [5.41, 5.74) is 6.13. The maximum atomic E-state index is 5.84. The van der Waals surface area contributed by atoms with E-state index >= 15 is 0 Å². The quantitative estimate of drug-likeness (QED) is 0.605. The highest BCUT2D eigenvalue weighted by atomic mass is 14.7. The topological polar surface area (TPSA) is 26.0 Å². The van der Waals surface area contributed by atoms with E-state index in [1.165, 1.54) is 19.3 Å². The number of allylic oxidation sites excluding steroid dienone is 1. The van der Waals surface area contributed by atoms with Crippen molar-refractivity contribution in [2.24, 2.45) is 17.1 Å². The molecule has 0 aromatic carbocycles. The van der Waals surface area contributed by atoms with E-state index in [9.17, 15) is 0 Å². The van der Waals surface area contributed by atoms with Crippen LogP contribution in [0.2, 0.25) is 0 Å². The maximum absolute atomic E-state index is 5.84. The highest BCUT2D eigenvalue weighted by Gasteiger charge is 2.32. The van der Waals surface area contributed by atoms with E-state index in [-0.39, 0.29) is 5.41 Å². The first-order chi connectivity index (χ1) is 5.06. The Balaban J connectivity index is 2.55. The summed E-state index contributed by atoms with van der Waals surface area (Å²) in [7, 11) is 0. The molecule has 0 heterocycles. The molecule has 64 valence electrons. The Kier molecular flexibility index (Phi) is 2.38. The van der Waals surface area contributed by atoms with Crippen molar-refractivity contribution in [2.75, 3.05) is 0 Å². The van der Waals surface area contributed by atoms with Gasteiger partial charge in [-0.05, 0) is 30.6 Å². The minimum Gasteiger partial charge on any atom is -0.328 e. The molecule has 0 bridgehead atoms. The summed E-state index contributed by atoms with van der Waals surface area (Å²) in [6.45, 7) is 8.37. The molecule has 1 saturated carbocycles. The number of hydrogen-bond acceptors (Lipinski definition) is 1. The van der Waals surface area contributed by atoms with Crippen LogP contribution in [0.5, 0.6) is 0 Å². The molecule has 1 aliphatic carbocycles. The van der Waals surface area contributed by atoms with E-state index in [0.717, 1.165) is 5.92 Å². The first kappa shape index (κ1) is 8.79. The molecule has 2 unspecified atom stereocenters. The average molecular weight is 153 g/mol. The molecule has 0 aromatic rings. The molecule has 0 aliphatic heterocycles. The Morgan fingerprint density at radius 3 is 2.45 bits per heavy atom. The van der Waals surface area contributed by atoms with Crippen LogP contribution >= 0.6 is 0 Å². The summed E-state index contributed by atoms with van der Waals surface area (Å²) < 4.78 is 0. The minimum absolute atomic E-state index is 0.286. The Morgan fingerprint density at radius 1 is 1.45 bits per heavy atom. The van der Waals surface area contributed by atoms with Gasteiger partial charge in [0.2, 0.25) is 0 Å². The third-order valence-electron chi connectivity index (χ3n) is 3.05. The fourth-order valence-corrected chi connectivity index (χ4v) is 1.86.